The molecule has 6 N–H and O–H groups in total. The van der Waals surface area contributed by atoms with E-state index >= 15 is 0 Å². The van der Waals surface area contributed by atoms with Crippen molar-refractivity contribution in [3.8, 4) is 0 Å². The second-order valence-electron chi connectivity index (χ2n) is 10.2. The van der Waals surface area contributed by atoms with Crippen molar-refractivity contribution in [3.63, 3.8) is 0 Å². The van der Waals surface area contributed by atoms with Crippen LogP contribution >= 0.6 is 0 Å². The quantitative estimate of drug-likeness (QED) is 0.218. The zero-order valence-corrected chi connectivity index (χ0v) is 24.0. The number of anilines is 3. The minimum absolute atomic E-state index is 0.0189. The first kappa shape index (κ1) is 30.9. The second-order valence-corrected chi connectivity index (χ2v) is 10.2. The minimum atomic E-state index is -4.62. The van der Waals surface area contributed by atoms with E-state index in [0.29, 0.717) is 37.7 Å². The molecule has 226 valence electrons. The summed E-state index contributed by atoms with van der Waals surface area (Å²) in [5.74, 6) is 5.69. The summed E-state index contributed by atoms with van der Waals surface area (Å²) < 4.78 is 48.9. The molecule has 1 aliphatic heterocycles. The number of carbonyl (C=O) groups is 1. The summed E-state index contributed by atoms with van der Waals surface area (Å²) in [5, 5.41) is 11.0. The van der Waals surface area contributed by atoms with Crippen LogP contribution in [-0.2, 0) is 18.0 Å². The van der Waals surface area contributed by atoms with Gasteiger partial charge in [-0.25, -0.2) is 5.84 Å². The van der Waals surface area contributed by atoms with Crippen LogP contribution in [0.3, 0.4) is 0 Å². The topological polar surface area (TPSA) is 127 Å². The Morgan fingerprint density at radius 2 is 1.95 bits per heavy atom. The number of rotatable bonds is 9. The van der Waals surface area contributed by atoms with Gasteiger partial charge < -0.3 is 21.1 Å². The van der Waals surface area contributed by atoms with Crippen molar-refractivity contribution in [1.82, 2.24) is 14.7 Å². The smallest absolute Gasteiger partial charge is 0.397 e. The van der Waals surface area contributed by atoms with Gasteiger partial charge in [-0.1, -0.05) is 6.07 Å². The molecule has 0 radical (unpaired) electrons. The third kappa shape index (κ3) is 7.60. The number of hydrazine groups is 1. The Morgan fingerprint density at radius 1 is 1.17 bits per heavy atom. The largest absolute Gasteiger partial charge is 0.418 e. The van der Waals surface area contributed by atoms with Gasteiger partial charge in [0.2, 0.25) is 0 Å². The summed E-state index contributed by atoms with van der Waals surface area (Å²) in [7, 11) is 1.80. The maximum atomic E-state index is 13.9. The third-order valence-corrected chi connectivity index (χ3v) is 7.22. The van der Waals surface area contributed by atoms with E-state index in [1.54, 1.807) is 36.1 Å². The number of benzene rings is 2. The Morgan fingerprint density at radius 3 is 2.67 bits per heavy atom. The van der Waals surface area contributed by atoms with Gasteiger partial charge in [-0.05, 0) is 56.2 Å². The van der Waals surface area contributed by atoms with Gasteiger partial charge in [0.25, 0.3) is 5.91 Å². The van der Waals surface area contributed by atoms with E-state index in [9.17, 15) is 18.0 Å². The van der Waals surface area contributed by atoms with E-state index in [4.69, 9.17) is 16.3 Å². The number of alkyl halides is 3. The van der Waals surface area contributed by atoms with Crippen LogP contribution < -0.4 is 27.2 Å². The summed E-state index contributed by atoms with van der Waals surface area (Å²) in [4.78, 5) is 15.2. The van der Waals surface area contributed by atoms with Crippen molar-refractivity contribution >= 4 is 28.7 Å². The molecule has 0 bridgehead atoms. The number of aryl methyl sites for hydroxylation is 2. The molecule has 2 aromatic carbocycles. The Bertz CT molecular complexity index is 1430. The van der Waals surface area contributed by atoms with Crippen LogP contribution in [-0.4, -0.2) is 60.0 Å². The van der Waals surface area contributed by atoms with E-state index in [-0.39, 0.29) is 16.9 Å². The van der Waals surface area contributed by atoms with Crippen LogP contribution in [0, 0.1) is 13.8 Å². The first-order valence-electron chi connectivity index (χ1n) is 13.6. The van der Waals surface area contributed by atoms with E-state index < -0.39 is 17.6 Å². The number of carbonyl (C=O) groups excluding carboxylic acids is 1. The van der Waals surface area contributed by atoms with Gasteiger partial charge in [0, 0.05) is 74.2 Å². The van der Waals surface area contributed by atoms with Crippen LogP contribution in [0.25, 0.3) is 5.70 Å². The van der Waals surface area contributed by atoms with E-state index in [1.807, 2.05) is 13.8 Å². The molecule has 0 atom stereocenters. The monoisotopic (exact) mass is 586 g/mol. The predicted molar refractivity (Wildman–Crippen MR) is 158 cm³/mol. The molecule has 2 heterocycles. The minimum Gasteiger partial charge on any atom is -0.397 e. The van der Waals surface area contributed by atoms with E-state index in [2.05, 4.69) is 20.6 Å². The number of hydrogen-bond acceptors (Lipinski definition) is 8. The zero-order valence-electron chi connectivity index (χ0n) is 24.0. The van der Waals surface area contributed by atoms with Crippen molar-refractivity contribution < 1.29 is 22.7 Å². The first-order chi connectivity index (χ1) is 19.9. The summed E-state index contributed by atoms with van der Waals surface area (Å²) in [6.45, 7) is 7.53. The average molecular weight is 587 g/mol. The lowest BCUT2D eigenvalue weighted by Crippen LogP contribution is -2.31. The molecule has 3 aromatic rings. The van der Waals surface area contributed by atoms with Crippen LogP contribution in [0.2, 0.25) is 0 Å². The lowest BCUT2D eigenvalue weighted by molar-refractivity contribution is -0.136. The molecule has 4 rings (SSSR count). The lowest BCUT2D eigenvalue weighted by Gasteiger charge is -2.21. The molecular formula is C29H37F3N8O2. The second kappa shape index (κ2) is 13.3. The number of amides is 1. The van der Waals surface area contributed by atoms with Gasteiger partial charge in [0.05, 0.1) is 29.8 Å². The highest BCUT2D eigenvalue weighted by molar-refractivity contribution is 6.05. The molecule has 1 saturated heterocycles. The highest BCUT2D eigenvalue weighted by atomic mass is 19.4. The van der Waals surface area contributed by atoms with Gasteiger partial charge >= 0.3 is 6.18 Å². The van der Waals surface area contributed by atoms with Crippen LogP contribution in [0.5, 0.6) is 0 Å². The van der Waals surface area contributed by atoms with Crippen LogP contribution in [0.1, 0.15) is 39.2 Å². The van der Waals surface area contributed by atoms with Gasteiger partial charge in [-0.3, -0.25) is 19.4 Å². The number of nitrogens with zero attached hydrogens (tertiary/aromatic N) is 4. The molecular weight excluding hydrogens is 549 g/mol. The van der Waals surface area contributed by atoms with Gasteiger partial charge in [0.1, 0.15) is 0 Å². The molecule has 1 fully saturated rings. The molecule has 10 nitrogen and oxygen atoms in total. The van der Waals surface area contributed by atoms with Crippen LogP contribution in [0.4, 0.5) is 30.2 Å². The van der Waals surface area contributed by atoms with Crippen LogP contribution in [0.15, 0.2) is 48.8 Å². The number of aromatic nitrogens is 2. The average Bonchev–Trinajstić information content (AvgIpc) is 3.11. The molecule has 0 unspecified atom stereocenters. The summed E-state index contributed by atoms with van der Waals surface area (Å²) in [6, 6.07) is 8.55. The molecule has 1 amide bonds. The number of ether oxygens (including phenoxy) is 1. The van der Waals surface area contributed by atoms with Gasteiger partial charge in [-0.2, -0.15) is 18.3 Å². The number of hydrogen-bond donors (Lipinski definition) is 4. The lowest BCUT2D eigenvalue weighted by atomic mass is 10.1. The van der Waals surface area contributed by atoms with Crippen molar-refractivity contribution in [2.75, 3.05) is 55.0 Å². The molecule has 0 aliphatic carbocycles. The standard InChI is InChI=1S/C29H37F3N8O2/c1-19-5-6-21(15-27(19)40(34)18-25(33)23-17-36-38(3)20(23)2)28(41)37-22-7-8-26(24(16-22)29(30,31)32)35-9-11-39-10-4-13-42-14-12-39/h5-8,15-18,35H,4,9-14,33-34H2,1-3H3,(H,37,41)/b25-18-. The van der Waals surface area contributed by atoms with Crippen molar-refractivity contribution in [2.24, 2.45) is 18.6 Å². The number of halogens is 3. The van der Waals surface area contributed by atoms with Gasteiger partial charge in [0.15, 0.2) is 0 Å². The zero-order chi connectivity index (χ0) is 30.4. The maximum absolute atomic E-state index is 13.9. The summed E-state index contributed by atoms with van der Waals surface area (Å²) in [6.07, 6.45) is -0.567. The van der Waals surface area contributed by atoms with E-state index in [0.717, 1.165) is 42.4 Å². The SMILES string of the molecule is Cc1ccc(C(=O)Nc2ccc(NCCN3CCCOCC3)c(C(F)(F)F)c2)cc1N(N)/C=C(\N)c1cnn(C)c1C. The highest BCUT2D eigenvalue weighted by Gasteiger charge is 2.34. The number of nitrogens with two attached hydrogens (primary N) is 2. The fourth-order valence-electron chi connectivity index (χ4n) is 4.68. The summed E-state index contributed by atoms with van der Waals surface area (Å²) >= 11 is 0. The molecule has 0 spiro atoms. The number of nitrogens with one attached hydrogen (secondary N) is 2. The fraction of sp³-hybridized carbons (Fsp3) is 0.379. The summed E-state index contributed by atoms with van der Waals surface area (Å²) in [5.41, 5.74) is 8.79. The Hall–Kier alpha value is -4.07. The first-order valence-corrected chi connectivity index (χ1v) is 13.6. The van der Waals surface area contributed by atoms with Gasteiger partial charge in [-0.15, -0.1) is 0 Å². The Balaban J connectivity index is 1.47. The molecule has 13 heteroatoms. The van der Waals surface area contributed by atoms with Crippen molar-refractivity contribution in [1.29, 1.82) is 0 Å². The van der Waals surface area contributed by atoms with Crippen molar-refractivity contribution in [3.05, 3.63) is 76.7 Å². The van der Waals surface area contributed by atoms with Crippen molar-refractivity contribution in [2.45, 2.75) is 26.4 Å². The molecule has 1 aliphatic rings. The molecule has 1 aromatic heterocycles. The normalized spacial score (nSPS) is 14.9. The molecule has 42 heavy (non-hydrogen) atoms. The van der Waals surface area contributed by atoms with E-state index in [1.165, 1.54) is 23.3 Å². The molecule has 0 saturated carbocycles. The Labute approximate surface area is 243 Å². The maximum Gasteiger partial charge on any atom is 0.418 e. The fourth-order valence-corrected chi connectivity index (χ4v) is 4.68. The highest BCUT2D eigenvalue weighted by Crippen LogP contribution is 2.36. The third-order valence-electron chi connectivity index (χ3n) is 7.22. The Kier molecular flexibility index (Phi) is 9.76. The predicted octanol–water partition coefficient (Wildman–Crippen LogP) is 4.08.